The summed E-state index contributed by atoms with van der Waals surface area (Å²) in [5, 5.41) is 8.54. The minimum atomic E-state index is 0.140. The van der Waals surface area contributed by atoms with E-state index in [1.807, 2.05) is 30.3 Å². The first-order valence-corrected chi connectivity index (χ1v) is 6.43. The molecule has 0 aliphatic carbocycles. The van der Waals surface area contributed by atoms with Crippen molar-refractivity contribution in [2.45, 2.75) is 53.3 Å². The standard InChI is InChI=1S/C8H19N.C7H8O/c1-6-9(7(2)3)8(4)5;8-6-7-4-2-1-3-5-7/h7-8H,6H2,1-5H3;1-5,8H,6H2. The highest BCUT2D eigenvalue weighted by Crippen LogP contribution is 2.02. The number of nitrogens with zero attached hydrogens (tertiary/aromatic N) is 1. The molecule has 0 aromatic heterocycles. The Kier molecular flexibility index (Phi) is 8.73. The van der Waals surface area contributed by atoms with Gasteiger partial charge in [-0.2, -0.15) is 0 Å². The number of hydrogen-bond donors (Lipinski definition) is 1. The minimum Gasteiger partial charge on any atom is -0.392 e. The highest BCUT2D eigenvalue weighted by atomic mass is 16.3. The van der Waals surface area contributed by atoms with Crippen molar-refractivity contribution in [1.82, 2.24) is 4.90 Å². The largest absolute Gasteiger partial charge is 0.392 e. The molecule has 2 heteroatoms. The fourth-order valence-electron chi connectivity index (χ4n) is 1.91. The topological polar surface area (TPSA) is 23.5 Å². The van der Waals surface area contributed by atoms with Crippen molar-refractivity contribution in [2.75, 3.05) is 6.54 Å². The Morgan fingerprint density at radius 2 is 1.47 bits per heavy atom. The second-order valence-electron chi connectivity index (χ2n) is 4.66. The normalized spacial score (nSPS) is 10.6. The predicted molar refractivity (Wildman–Crippen MR) is 75.0 cm³/mol. The van der Waals surface area contributed by atoms with Gasteiger partial charge < -0.3 is 5.11 Å². The summed E-state index contributed by atoms with van der Waals surface area (Å²) in [4.78, 5) is 2.46. The van der Waals surface area contributed by atoms with Crippen molar-refractivity contribution >= 4 is 0 Å². The second kappa shape index (κ2) is 9.20. The summed E-state index contributed by atoms with van der Waals surface area (Å²) in [5.74, 6) is 0. The summed E-state index contributed by atoms with van der Waals surface area (Å²) in [5.41, 5.74) is 0.965. The maximum Gasteiger partial charge on any atom is 0.0681 e. The van der Waals surface area contributed by atoms with Gasteiger partial charge in [-0.1, -0.05) is 37.3 Å². The van der Waals surface area contributed by atoms with E-state index in [1.165, 1.54) is 0 Å². The third-order valence-corrected chi connectivity index (χ3v) is 2.72. The summed E-state index contributed by atoms with van der Waals surface area (Å²) in [6.45, 7) is 12.5. The third-order valence-electron chi connectivity index (χ3n) is 2.72. The molecule has 1 aromatic carbocycles. The number of hydrogen-bond acceptors (Lipinski definition) is 2. The van der Waals surface area contributed by atoms with E-state index in [0.717, 1.165) is 12.1 Å². The van der Waals surface area contributed by atoms with Crippen LogP contribution in [0.15, 0.2) is 30.3 Å². The Morgan fingerprint density at radius 3 is 1.65 bits per heavy atom. The molecule has 0 heterocycles. The van der Waals surface area contributed by atoms with Crippen LogP contribution >= 0.6 is 0 Å². The van der Waals surface area contributed by atoms with Crippen LogP contribution in [0.25, 0.3) is 0 Å². The Morgan fingerprint density at radius 1 is 1.00 bits per heavy atom. The van der Waals surface area contributed by atoms with Gasteiger partial charge >= 0.3 is 0 Å². The summed E-state index contributed by atoms with van der Waals surface area (Å²) in [7, 11) is 0. The second-order valence-corrected chi connectivity index (χ2v) is 4.66. The van der Waals surface area contributed by atoms with Crippen LogP contribution in [0.1, 0.15) is 40.2 Å². The van der Waals surface area contributed by atoms with Gasteiger partial charge in [0.15, 0.2) is 0 Å². The fraction of sp³-hybridized carbons (Fsp3) is 0.600. The van der Waals surface area contributed by atoms with Crippen molar-refractivity contribution in [3.05, 3.63) is 35.9 Å². The van der Waals surface area contributed by atoms with Crippen LogP contribution in [-0.2, 0) is 6.61 Å². The van der Waals surface area contributed by atoms with Gasteiger partial charge in [0, 0.05) is 12.1 Å². The van der Waals surface area contributed by atoms with Crippen LogP contribution in [0.4, 0.5) is 0 Å². The van der Waals surface area contributed by atoms with Crippen LogP contribution in [0, 0.1) is 0 Å². The summed E-state index contributed by atoms with van der Waals surface area (Å²) < 4.78 is 0. The van der Waals surface area contributed by atoms with E-state index >= 15 is 0 Å². The van der Waals surface area contributed by atoms with Crippen molar-refractivity contribution in [3.63, 3.8) is 0 Å². The quantitative estimate of drug-likeness (QED) is 0.868. The van der Waals surface area contributed by atoms with E-state index in [9.17, 15) is 0 Å². The van der Waals surface area contributed by atoms with E-state index in [0.29, 0.717) is 12.1 Å². The van der Waals surface area contributed by atoms with Crippen molar-refractivity contribution in [1.29, 1.82) is 0 Å². The molecule has 0 aliphatic heterocycles. The van der Waals surface area contributed by atoms with Crippen molar-refractivity contribution < 1.29 is 5.11 Å². The predicted octanol–water partition coefficient (Wildman–Crippen LogP) is 3.30. The molecule has 0 unspecified atom stereocenters. The van der Waals surface area contributed by atoms with Gasteiger partial charge in [0.05, 0.1) is 6.61 Å². The molecule has 17 heavy (non-hydrogen) atoms. The molecule has 0 amide bonds. The van der Waals surface area contributed by atoms with Crippen LogP contribution in [0.5, 0.6) is 0 Å². The van der Waals surface area contributed by atoms with E-state index in [4.69, 9.17) is 5.11 Å². The molecule has 0 spiro atoms. The Bertz CT molecular complexity index is 262. The first-order valence-electron chi connectivity index (χ1n) is 6.43. The van der Waals surface area contributed by atoms with Crippen LogP contribution < -0.4 is 0 Å². The highest BCUT2D eigenvalue weighted by Gasteiger charge is 2.08. The molecular weight excluding hydrogens is 210 g/mol. The molecule has 2 nitrogen and oxygen atoms in total. The monoisotopic (exact) mass is 237 g/mol. The molecule has 0 atom stereocenters. The molecule has 98 valence electrons. The molecule has 0 saturated carbocycles. The van der Waals surface area contributed by atoms with Gasteiger partial charge in [0.25, 0.3) is 0 Å². The first kappa shape index (κ1) is 16.1. The smallest absolute Gasteiger partial charge is 0.0681 e. The van der Waals surface area contributed by atoms with Crippen LogP contribution in [-0.4, -0.2) is 28.6 Å². The van der Waals surface area contributed by atoms with Gasteiger partial charge in [-0.3, -0.25) is 4.90 Å². The average Bonchev–Trinajstić information content (AvgIpc) is 2.31. The lowest BCUT2D eigenvalue weighted by Crippen LogP contribution is -2.36. The summed E-state index contributed by atoms with van der Waals surface area (Å²) in [6, 6.07) is 10.9. The maximum atomic E-state index is 8.54. The van der Waals surface area contributed by atoms with Gasteiger partial charge in [-0.05, 0) is 39.8 Å². The molecule has 0 bridgehead atoms. The number of aliphatic hydroxyl groups is 1. The lowest BCUT2D eigenvalue weighted by atomic mass is 10.2. The zero-order valence-electron chi connectivity index (χ0n) is 11.9. The summed E-state index contributed by atoms with van der Waals surface area (Å²) in [6.07, 6.45) is 0. The molecular formula is C15H27NO. The minimum absolute atomic E-state index is 0.140. The number of aliphatic hydroxyl groups excluding tert-OH is 1. The maximum absolute atomic E-state index is 8.54. The fourth-order valence-corrected chi connectivity index (χ4v) is 1.91. The van der Waals surface area contributed by atoms with E-state index in [1.54, 1.807) is 0 Å². The van der Waals surface area contributed by atoms with Crippen molar-refractivity contribution in [3.8, 4) is 0 Å². The van der Waals surface area contributed by atoms with Gasteiger partial charge in [0.1, 0.15) is 0 Å². The Hall–Kier alpha value is -0.860. The molecule has 1 rings (SSSR count). The Labute approximate surface area is 106 Å². The van der Waals surface area contributed by atoms with E-state index in [2.05, 4.69) is 39.5 Å². The van der Waals surface area contributed by atoms with Crippen LogP contribution in [0.3, 0.4) is 0 Å². The van der Waals surface area contributed by atoms with E-state index in [-0.39, 0.29) is 6.61 Å². The Balaban J connectivity index is 0.000000302. The molecule has 0 fully saturated rings. The highest BCUT2D eigenvalue weighted by molar-refractivity contribution is 5.12. The first-order chi connectivity index (χ1) is 8.02. The third kappa shape index (κ3) is 7.14. The number of benzene rings is 1. The molecule has 0 radical (unpaired) electrons. The van der Waals surface area contributed by atoms with Crippen molar-refractivity contribution in [2.24, 2.45) is 0 Å². The van der Waals surface area contributed by atoms with Gasteiger partial charge in [-0.25, -0.2) is 0 Å². The molecule has 0 saturated heterocycles. The van der Waals surface area contributed by atoms with E-state index < -0.39 is 0 Å². The SMILES string of the molecule is CCN(C(C)C)C(C)C.OCc1ccccc1. The zero-order chi connectivity index (χ0) is 13.3. The van der Waals surface area contributed by atoms with Gasteiger partial charge in [0.2, 0.25) is 0 Å². The molecule has 1 N–H and O–H groups in total. The number of rotatable bonds is 4. The molecule has 1 aromatic rings. The lowest BCUT2D eigenvalue weighted by Gasteiger charge is -2.28. The molecule has 0 aliphatic rings. The lowest BCUT2D eigenvalue weighted by molar-refractivity contribution is 0.185. The average molecular weight is 237 g/mol. The summed E-state index contributed by atoms with van der Waals surface area (Å²) >= 11 is 0. The van der Waals surface area contributed by atoms with Crippen LogP contribution in [0.2, 0.25) is 0 Å². The van der Waals surface area contributed by atoms with Gasteiger partial charge in [-0.15, -0.1) is 0 Å². The zero-order valence-corrected chi connectivity index (χ0v) is 11.9.